The largest absolute Gasteiger partial charge is 0.497 e. The zero-order valence-corrected chi connectivity index (χ0v) is 19.4. The van der Waals surface area contributed by atoms with Crippen LogP contribution in [0, 0.1) is 0 Å². The Morgan fingerprint density at radius 2 is 1.69 bits per heavy atom. The van der Waals surface area contributed by atoms with Gasteiger partial charge in [0.25, 0.3) is 0 Å². The molecule has 7 nitrogen and oxygen atoms in total. The summed E-state index contributed by atoms with van der Waals surface area (Å²) in [5.74, 6) is 2.47. The summed E-state index contributed by atoms with van der Waals surface area (Å²) < 4.78 is 22.4. The van der Waals surface area contributed by atoms with Gasteiger partial charge in [-0.3, -0.25) is 4.99 Å². The fourth-order valence-electron chi connectivity index (χ4n) is 3.45. The zero-order chi connectivity index (χ0) is 22.6. The molecule has 0 atom stereocenters. The molecule has 2 aromatic carbocycles. The molecule has 0 bridgehead atoms. The first-order chi connectivity index (χ1) is 15.7. The number of nitrogens with zero attached hydrogens (tertiary/aromatic N) is 2. The van der Waals surface area contributed by atoms with Gasteiger partial charge in [-0.25, -0.2) is 0 Å². The molecule has 1 N–H and O–H groups in total. The molecule has 0 spiro atoms. The van der Waals surface area contributed by atoms with Crippen LogP contribution >= 0.6 is 0 Å². The van der Waals surface area contributed by atoms with Crippen LogP contribution in [0.15, 0.2) is 53.5 Å². The Morgan fingerprint density at radius 1 is 1.03 bits per heavy atom. The molecule has 0 aromatic heterocycles. The maximum Gasteiger partial charge on any atom is 0.193 e. The van der Waals surface area contributed by atoms with Gasteiger partial charge in [-0.05, 0) is 48.2 Å². The van der Waals surface area contributed by atoms with E-state index in [1.54, 1.807) is 14.2 Å². The van der Waals surface area contributed by atoms with E-state index in [4.69, 9.17) is 18.9 Å². The maximum atomic E-state index is 6.00. The first-order valence-corrected chi connectivity index (χ1v) is 11.1. The normalized spacial score (nSPS) is 14.8. The number of aliphatic imine (C=N–C) groups is 1. The van der Waals surface area contributed by atoms with Gasteiger partial charge in [0.15, 0.2) is 5.96 Å². The van der Waals surface area contributed by atoms with Crippen molar-refractivity contribution in [3.63, 3.8) is 0 Å². The number of ether oxygens (including phenoxy) is 4. The van der Waals surface area contributed by atoms with Gasteiger partial charge in [0.05, 0.1) is 26.4 Å². The van der Waals surface area contributed by atoms with Crippen LogP contribution in [0.2, 0.25) is 0 Å². The van der Waals surface area contributed by atoms with Gasteiger partial charge < -0.3 is 29.2 Å². The van der Waals surface area contributed by atoms with E-state index >= 15 is 0 Å². The van der Waals surface area contributed by atoms with E-state index in [9.17, 15) is 0 Å². The average Bonchev–Trinajstić information content (AvgIpc) is 2.85. The van der Waals surface area contributed by atoms with Gasteiger partial charge in [-0.1, -0.05) is 24.3 Å². The molecule has 1 fully saturated rings. The number of benzene rings is 2. The molecule has 0 aliphatic carbocycles. The van der Waals surface area contributed by atoms with Crippen LogP contribution in [0.4, 0.5) is 0 Å². The lowest BCUT2D eigenvalue weighted by Gasteiger charge is -2.23. The highest BCUT2D eigenvalue weighted by Gasteiger charge is 2.14. The van der Waals surface area contributed by atoms with E-state index in [-0.39, 0.29) is 0 Å². The van der Waals surface area contributed by atoms with Crippen molar-refractivity contribution in [1.29, 1.82) is 0 Å². The highest BCUT2D eigenvalue weighted by atomic mass is 16.5. The molecule has 0 saturated carbocycles. The van der Waals surface area contributed by atoms with Crippen molar-refractivity contribution in [2.45, 2.75) is 32.1 Å². The van der Waals surface area contributed by atoms with E-state index in [2.05, 4.69) is 39.5 Å². The molecule has 7 heteroatoms. The predicted molar refractivity (Wildman–Crippen MR) is 126 cm³/mol. The number of guanidine groups is 1. The molecule has 174 valence electrons. The van der Waals surface area contributed by atoms with Crippen LogP contribution in [-0.4, -0.2) is 64.5 Å². The lowest BCUT2D eigenvalue weighted by atomic mass is 10.1. The summed E-state index contributed by atoms with van der Waals surface area (Å²) in [5, 5.41) is 3.41. The molecule has 1 aliphatic rings. The van der Waals surface area contributed by atoms with E-state index in [1.807, 2.05) is 31.3 Å². The first-order valence-electron chi connectivity index (χ1n) is 11.1. The second kappa shape index (κ2) is 12.9. The van der Waals surface area contributed by atoms with E-state index < -0.39 is 0 Å². The van der Waals surface area contributed by atoms with Crippen molar-refractivity contribution >= 4 is 5.96 Å². The second-order valence-corrected chi connectivity index (χ2v) is 7.79. The molecule has 3 rings (SSSR count). The zero-order valence-electron chi connectivity index (χ0n) is 19.4. The summed E-state index contributed by atoms with van der Waals surface area (Å²) in [6.07, 6.45) is 2.29. The van der Waals surface area contributed by atoms with Crippen molar-refractivity contribution in [3.8, 4) is 11.5 Å². The maximum absolute atomic E-state index is 6.00. The van der Waals surface area contributed by atoms with Gasteiger partial charge in [-0.15, -0.1) is 0 Å². The SMILES string of the molecule is CN=C(NCc1ccc(COC2CCOCC2)cc1)N(C)CCOc1ccc(OC)cc1. The Morgan fingerprint density at radius 3 is 2.34 bits per heavy atom. The molecule has 0 amide bonds. The van der Waals surface area contributed by atoms with Gasteiger partial charge >= 0.3 is 0 Å². The van der Waals surface area contributed by atoms with Gasteiger partial charge in [0, 0.05) is 33.9 Å². The summed E-state index contributed by atoms with van der Waals surface area (Å²) in [6.45, 7) is 4.24. The predicted octanol–water partition coefficient (Wildman–Crippen LogP) is 3.48. The fraction of sp³-hybridized carbons (Fsp3) is 0.480. The minimum Gasteiger partial charge on any atom is -0.497 e. The molecule has 0 unspecified atom stereocenters. The van der Waals surface area contributed by atoms with Crippen molar-refractivity contribution < 1.29 is 18.9 Å². The summed E-state index contributed by atoms with van der Waals surface area (Å²) in [6, 6.07) is 16.1. The topological polar surface area (TPSA) is 64.6 Å². The molecule has 2 aromatic rings. The van der Waals surface area contributed by atoms with Crippen LogP contribution in [-0.2, 0) is 22.6 Å². The minimum atomic E-state index is 0.317. The number of methoxy groups -OCH3 is 1. The first kappa shape index (κ1) is 23.9. The van der Waals surface area contributed by atoms with E-state index in [0.717, 1.165) is 43.5 Å². The summed E-state index contributed by atoms with van der Waals surface area (Å²) >= 11 is 0. The number of likely N-dealkylation sites (N-methyl/N-ethyl adjacent to an activating group) is 1. The highest BCUT2D eigenvalue weighted by molar-refractivity contribution is 5.79. The molecule has 1 aliphatic heterocycles. The number of nitrogens with one attached hydrogen (secondary N) is 1. The van der Waals surface area contributed by atoms with Crippen LogP contribution in [0.5, 0.6) is 11.5 Å². The van der Waals surface area contributed by atoms with E-state index in [0.29, 0.717) is 32.4 Å². The Bertz CT molecular complexity index is 818. The Hall–Kier alpha value is -2.77. The average molecular weight is 442 g/mol. The van der Waals surface area contributed by atoms with Gasteiger partial charge in [0.2, 0.25) is 0 Å². The Labute approximate surface area is 191 Å². The standard InChI is InChI=1S/C25H35N3O4/c1-26-25(28(2)14-17-31-23-10-8-22(29-3)9-11-23)27-18-20-4-6-21(7-5-20)19-32-24-12-15-30-16-13-24/h4-11,24H,12-19H2,1-3H3,(H,26,27). The Balaban J connectivity index is 1.37. The summed E-state index contributed by atoms with van der Waals surface area (Å²) in [7, 11) is 5.45. The molecular formula is C25H35N3O4. The van der Waals surface area contributed by atoms with Crippen molar-refractivity contribution in [2.75, 3.05) is 47.6 Å². The smallest absolute Gasteiger partial charge is 0.193 e. The third-order valence-corrected chi connectivity index (χ3v) is 5.46. The third kappa shape index (κ3) is 7.73. The number of hydrogen-bond acceptors (Lipinski definition) is 5. The third-order valence-electron chi connectivity index (χ3n) is 5.46. The number of rotatable bonds is 10. The van der Waals surface area contributed by atoms with Crippen molar-refractivity contribution in [1.82, 2.24) is 10.2 Å². The van der Waals surface area contributed by atoms with Crippen LogP contribution < -0.4 is 14.8 Å². The monoisotopic (exact) mass is 441 g/mol. The molecular weight excluding hydrogens is 406 g/mol. The van der Waals surface area contributed by atoms with Crippen molar-refractivity contribution in [2.24, 2.45) is 4.99 Å². The minimum absolute atomic E-state index is 0.317. The lowest BCUT2D eigenvalue weighted by Crippen LogP contribution is -2.40. The van der Waals surface area contributed by atoms with Gasteiger partial charge in [-0.2, -0.15) is 0 Å². The van der Waals surface area contributed by atoms with Crippen molar-refractivity contribution in [3.05, 3.63) is 59.7 Å². The lowest BCUT2D eigenvalue weighted by molar-refractivity contribution is -0.0390. The second-order valence-electron chi connectivity index (χ2n) is 7.79. The molecule has 1 saturated heterocycles. The quantitative estimate of drug-likeness (QED) is 0.450. The highest BCUT2D eigenvalue weighted by Crippen LogP contribution is 2.17. The van der Waals surface area contributed by atoms with E-state index in [1.165, 1.54) is 11.1 Å². The molecule has 32 heavy (non-hydrogen) atoms. The number of hydrogen-bond donors (Lipinski definition) is 1. The van der Waals surface area contributed by atoms with Crippen LogP contribution in [0.3, 0.4) is 0 Å². The van der Waals surface area contributed by atoms with Crippen LogP contribution in [0.25, 0.3) is 0 Å². The summed E-state index contributed by atoms with van der Waals surface area (Å²) in [5.41, 5.74) is 2.39. The molecule has 0 radical (unpaired) electrons. The van der Waals surface area contributed by atoms with Crippen LogP contribution in [0.1, 0.15) is 24.0 Å². The Kier molecular flexibility index (Phi) is 9.65. The molecule has 1 heterocycles. The fourth-order valence-corrected chi connectivity index (χ4v) is 3.45. The summed E-state index contributed by atoms with van der Waals surface area (Å²) in [4.78, 5) is 6.43. The van der Waals surface area contributed by atoms with Gasteiger partial charge in [0.1, 0.15) is 18.1 Å².